The maximum absolute atomic E-state index is 5.90. The number of nitrogens with zero attached hydrogens (tertiary/aromatic N) is 1. The number of hydrogen-bond acceptors (Lipinski definition) is 3. The summed E-state index contributed by atoms with van der Waals surface area (Å²) in [4.78, 5) is 4.27. The molecule has 0 atom stereocenters. The van der Waals surface area contributed by atoms with Crippen molar-refractivity contribution in [3.05, 3.63) is 52.7 Å². The summed E-state index contributed by atoms with van der Waals surface area (Å²) in [5.41, 5.74) is 10.1. The lowest BCUT2D eigenvalue weighted by Crippen LogP contribution is -2.04. The molecular formula is C15H18N2O. The number of rotatable bonds is 3. The quantitative estimate of drug-likeness (QED) is 0.898. The molecule has 1 aromatic heterocycles. The summed E-state index contributed by atoms with van der Waals surface area (Å²) >= 11 is 0. The van der Waals surface area contributed by atoms with Crippen molar-refractivity contribution in [2.24, 2.45) is 5.73 Å². The zero-order valence-corrected chi connectivity index (χ0v) is 11.0. The molecule has 1 heterocycles. The highest BCUT2D eigenvalue weighted by molar-refractivity contribution is 5.42. The van der Waals surface area contributed by atoms with Gasteiger partial charge in [-0.05, 0) is 49.6 Å². The van der Waals surface area contributed by atoms with Crippen LogP contribution in [0.25, 0.3) is 0 Å². The second-order valence-electron chi connectivity index (χ2n) is 4.42. The van der Waals surface area contributed by atoms with Crippen molar-refractivity contribution in [3.63, 3.8) is 0 Å². The maximum atomic E-state index is 5.90. The van der Waals surface area contributed by atoms with Gasteiger partial charge in [-0.15, -0.1) is 0 Å². The van der Waals surface area contributed by atoms with Gasteiger partial charge >= 0.3 is 0 Å². The Labute approximate surface area is 108 Å². The van der Waals surface area contributed by atoms with E-state index in [1.807, 2.05) is 32.0 Å². The molecule has 1 aromatic carbocycles. The van der Waals surface area contributed by atoms with Gasteiger partial charge < -0.3 is 10.5 Å². The fourth-order valence-corrected chi connectivity index (χ4v) is 1.84. The molecular weight excluding hydrogens is 224 g/mol. The van der Waals surface area contributed by atoms with Crippen LogP contribution in [0.2, 0.25) is 0 Å². The highest BCUT2D eigenvalue weighted by atomic mass is 16.5. The largest absolute Gasteiger partial charge is 0.438 e. The molecule has 0 aliphatic rings. The van der Waals surface area contributed by atoms with E-state index in [1.165, 1.54) is 5.56 Å². The first-order valence-electron chi connectivity index (χ1n) is 6.02. The summed E-state index contributed by atoms with van der Waals surface area (Å²) in [6.45, 7) is 6.55. The molecule has 0 saturated heterocycles. The van der Waals surface area contributed by atoms with Crippen LogP contribution < -0.4 is 10.5 Å². The van der Waals surface area contributed by atoms with E-state index in [0.29, 0.717) is 12.4 Å². The lowest BCUT2D eigenvalue weighted by atomic mass is 10.1. The van der Waals surface area contributed by atoms with E-state index >= 15 is 0 Å². The zero-order valence-electron chi connectivity index (χ0n) is 11.0. The SMILES string of the molecule is Cc1cccc(Oc2nccc(C)c2CN)c1C. The van der Waals surface area contributed by atoms with E-state index in [1.54, 1.807) is 6.20 Å². The fourth-order valence-electron chi connectivity index (χ4n) is 1.84. The minimum atomic E-state index is 0.430. The molecule has 0 aliphatic heterocycles. The standard InChI is InChI=1S/C15H18N2O/c1-10-5-4-6-14(12(10)3)18-15-13(9-16)11(2)7-8-17-15/h4-8H,9,16H2,1-3H3. The van der Waals surface area contributed by atoms with Crippen LogP contribution in [0.15, 0.2) is 30.5 Å². The highest BCUT2D eigenvalue weighted by Gasteiger charge is 2.10. The average molecular weight is 242 g/mol. The van der Waals surface area contributed by atoms with Crippen LogP contribution in [-0.4, -0.2) is 4.98 Å². The Morgan fingerprint density at radius 1 is 1.11 bits per heavy atom. The average Bonchev–Trinajstić information content (AvgIpc) is 2.35. The molecule has 3 heteroatoms. The van der Waals surface area contributed by atoms with Gasteiger partial charge in [-0.25, -0.2) is 4.98 Å². The summed E-state index contributed by atoms with van der Waals surface area (Å²) in [5.74, 6) is 1.44. The van der Waals surface area contributed by atoms with Gasteiger partial charge in [0.05, 0.1) is 0 Å². The van der Waals surface area contributed by atoms with Gasteiger partial charge in [0, 0.05) is 18.3 Å². The smallest absolute Gasteiger partial charge is 0.223 e. The molecule has 0 saturated carbocycles. The number of aryl methyl sites for hydroxylation is 2. The first-order valence-corrected chi connectivity index (χ1v) is 6.02. The summed E-state index contributed by atoms with van der Waals surface area (Å²) < 4.78 is 5.90. The van der Waals surface area contributed by atoms with Crippen LogP contribution in [0.3, 0.4) is 0 Å². The first kappa shape index (κ1) is 12.6. The van der Waals surface area contributed by atoms with Gasteiger partial charge in [0.15, 0.2) is 0 Å². The number of nitrogens with two attached hydrogens (primary N) is 1. The van der Waals surface area contributed by atoms with E-state index in [0.717, 1.165) is 22.4 Å². The van der Waals surface area contributed by atoms with Crippen molar-refractivity contribution in [2.75, 3.05) is 0 Å². The Morgan fingerprint density at radius 3 is 2.61 bits per heavy atom. The zero-order chi connectivity index (χ0) is 13.1. The molecule has 3 nitrogen and oxygen atoms in total. The van der Waals surface area contributed by atoms with Gasteiger partial charge in [-0.1, -0.05) is 12.1 Å². The molecule has 0 fully saturated rings. The van der Waals surface area contributed by atoms with Crippen LogP contribution in [-0.2, 0) is 6.54 Å². The fraction of sp³-hybridized carbons (Fsp3) is 0.267. The summed E-state index contributed by atoms with van der Waals surface area (Å²) in [7, 11) is 0. The van der Waals surface area contributed by atoms with E-state index in [4.69, 9.17) is 10.5 Å². The van der Waals surface area contributed by atoms with E-state index in [-0.39, 0.29) is 0 Å². The number of aromatic nitrogens is 1. The van der Waals surface area contributed by atoms with Gasteiger partial charge in [-0.3, -0.25) is 0 Å². The summed E-state index contributed by atoms with van der Waals surface area (Å²) in [6, 6.07) is 7.94. The van der Waals surface area contributed by atoms with E-state index in [9.17, 15) is 0 Å². The second kappa shape index (κ2) is 5.19. The molecule has 2 aromatic rings. The Morgan fingerprint density at radius 2 is 1.89 bits per heavy atom. The van der Waals surface area contributed by atoms with Crippen molar-refractivity contribution in [1.29, 1.82) is 0 Å². The van der Waals surface area contributed by atoms with Crippen LogP contribution in [0.1, 0.15) is 22.3 Å². The maximum Gasteiger partial charge on any atom is 0.223 e. The first-order chi connectivity index (χ1) is 8.63. The molecule has 94 valence electrons. The Hall–Kier alpha value is -1.87. The van der Waals surface area contributed by atoms with Crippen molar-refractivity contribution in [2.45, 2.75) is 27.3 Å². The minimum Gasteiger partial charge on any atom is -0.438 e. The molecule has 0 radical (unpaired) electrons. The monoisotopic (exact) mass is 242 g/mol. The molecule has 0 aliphatic carbocycles. The van der Waals surface area contributed by atoms with E-state index in [2.05, 4.69) is 18.0 Å². The lowest BCUT2D eigenvalue weighted by molar-refractivity contribution is 0.452. The molecule has 0 unspecified atom stereocenters. The van der Waals surface area contributed by atoms with Crippen molar-refractivity contribution in [3.8, 4) is 11.6 Å². The number of hydrogen-bond donors (Lipinski definition) is 1. The van der Waals surface area contributed by atoms with Gasteiger partial charge in [0.25, 0.3) is 0 Å². The Bertz CT molecular complexity index is 564. The highest BCUT2D eigenvalue weighted by Crippen LogP contribution is 2.28. The van der Waals surface area contributed by atoms with Crippen molar-refractivity contribution < 1.29 is 4.74 Å². The molecule has 0 amide bonds. The van der Waals surface area contributed by atoms with Crippen LogP contribution in [0.4, 0.5) is 0 Å². The lowest BCUT2D eigenvalue weighted by Gasteiger charge is -2.13. The number of pyridine rings is 1. The predicted molar refractivity (Wildman–Crippen MR) is 72.9 cm³/mol. The Balaban J connectivity index is 2.40. The van der Waals surface area contributed by atoms with Gasteiger partial charge in [0.2, 0.25) is 5.88 Å². The molecule has 0 bridgehead atoms. The van der Waals surface area contributed by atoms with Crippen LogP contribution >= 0.6 is 0 Å². The normalized spacial score (nSPS) is 10.4. The molecule has 2 rings (SSSR count). The van der Waals surface area contributed by atoms with Crippen molar-refractivity contribution >= 4 is 0 Å². The minimum absolute atomic E-state index is 0.430. The third-order valence-electron chi connectivity index (χ3n) is 3.22. The van der Waals surface area contributed by atoms with Crippen molar-refractivity contribution in [1.82, 2.24) is 4.98 Å². The molecule has 0 spiro atoms. The van der Waals surface area contributed by atoms with Crippen LogP contribution in [0, 0.1) is 20.8 Å². The van der Waals surface area contributed by atoms with E-state index < -0.39 is 0 Å². The number of benzene rings is 1. The third kappa shape index (κ3) is 2.36. The molecule has 2 N–H and O–H groups in total. The topological polar surface area (TPSA) is 48.1 Å². The van der Waals surface area contributed by atoms with Gasteiger partial charge in [-0.2, -0.15) is 0 Å². The predicted octanol–water partition coefficient (Wildman–Crippen LogP) is 3.26. The van der Waals surface area contributed by atoms with Gasteiger partial charge in [0.1, 0.15) is 5.75 Å². The molecule has 18 heavy (non-hydrogen) atoms. The second-order valence-corrected chi connectivity index (χ2v) is 4.42. The van der Waals surface area contributed by atoms with Crippen LogP contribution in [0.5, 0.6) is 11.6 Å². The summed E-state index contributed by atoms with van der Waals surface area (Å²) in [5, 5.41) is 0. The number of ether oxygens (including phenoxy) is 1. The Kier molecular flexibility index (Phi) is 3.63. The third-order valence-corrected chi connectivity index (χ3v) is 3.22. The summed E-state index contributed by atoms with van der Waals surface area (Å²) in [6.07, 6.45) is 1.74.